The second kappa shape index (κ2) is 5.46. The maximum Gasteiger partial charge on any atom is 0.151 e. The third-order valence-electron chi connectivity index (χ3n) is 2.56. The smallest absolute Gasteiger partial charge is 0.151 e. The van der Waals surface area contributed by atoms with Crippen molar-refractivity contribution in [3.8, 4) is 0 Å². The summed E-state index contributed by atoms with van der Waals surface area (Å²) in [6, 6.07) is 9.60. The summed E-state index contributed by atoms with van der Waals surface area (Å²) in [5, 5.41) is 7.11. The molecule has 0 saturated carbocycles. The van der Waals surface area contributed by atoms with E-state index in [4.69, 9.17) is 23.2 Å². The van der Waals surface area contributed by atoms with Crippen LogP contribution in [0.25, 0.3) is 0 Å². The van der Waals surface area contributed by atoms with Crippen molar-refractivity contribution in [2.45, 2.75) is 6.92 Å². The number of aryl methyl sites for hydroxylation is 1. The maximum absolute atomic E-state index is 6.12. The first-order chi connectivity index (χ1) is 8.61. The Hall–Kier alpha value is -1.45. The molecule has 1 aromatic heterocycles. The van der Waals surface area contributed by atoms with Gasteiger partial charge in [-0.15, -0.1) is 0 Å². The van der Waals surface area contributed by atoms with Crippen molar-refractivity contribution >= 4 is 40.5 Å². The lowest BCUT2D eigenvalue weighted by Crippen LogP contribution is -2.00. The molecule has 94 valence electrons. The number of nitrogens with zero attached hydrogens (tertiary/aromatic N) is 1. The Labute approximate surface area is 116 Å². The average molecular weight is 282 g/mol. The lowest BCUT2D eigenvalue weighted by molar-refractivity contribution is 1.27. The second-order valence-corrected chi connectivity index (χ2v) is 4.65. The maximum atomic E-state index is 6.12. The van der Waals surface area contributed by atoms with E-state index in [1.165, 1.54) is 0 Å². The van der Waals surface area contributed by atoms with Gasteiger partial charge in [0.2, 0.25) is 0 Å². The normalized spacial score (nSPS) is 10.2. The predicted octanol–water partition coefficient (Wildman–Crippen LogP) is 4.48. The van der Waals surface area contributed by atoms with Crippen LogP contribution in [0.3, 0.4) is 0 Å². The SMILES string of the molecule is CNc1nc(Nc2ccccc2C)c(Cl)cc1Cl. The number of benzene rings is 1. The molecule has 0 radical (unpaired) electrons. The molecule has 0 unspecified atom stereocenters. The van der Waals surface area contributed by atoms with Crippen LogP contribution in [0.2, 0.25) is 10.0 Å². The summed E-state index contributed by atoms with van der Waals surface area (Å²) in [7, 11) is 1.76. The Kier molecular flexibility index (Phi) is 3.94. The second-order valence-electron chi connectivity index (χ2n) is 3.84. The first-order valence-electron chi connectivity index (χ1n) is 5.48. The molecule has 2 N–H and O–H groups in total. The van der Waals surface area contributed by atoms with Crippen molar-refractivity contribution in [1.82, 2.24) is 4.98 Å². The van der Waals surface area contributed by atoms with E-state index in [1.807, 2.05) is 31.2 Å². The highest BCUT2D eigenvalue weighted by Gasteiger charge is 2.09. The van der Waals surface area contributed by atoms with Crippen molar-refractivity contribution in [3.05, 3.63) is 45.9 Å². The Morgan fingerprint density at radius 3 is 2.39 bits per heavy atom. The van der Waals surface area contributed by atoms with E-state index in [0.29, 0.717) is 21.7 Å². The molecule has 2 aromatic rings. The van der Waals surface area contributed by atoms with Crippen LogP contribution < -0.4 is 10.6 Å². The van der Waals surface area contributed by atoms with E-state index < -0.39 is 0 Å². The lowest BCUT2D eigenvalue weighted by Gasteiger charge is -2.12. The summed E-state index contributed by atoms with van der Waals surface area (Å²) in [5.74, 6) is 1.18. The van der Waals surface area contributed by atoms with Gasteiger partial charge in [-0.05, 0) is 24.6 Å². The van der Waals surface area contributed by atoms with Crippen LogP contribution in [0.1, 0.15) is 5.56 Å². The summed E-state index contributed by atoms with van der Waals surface area (Å²) < 4.78 is 0. The molecule has 0 saturated heterocycles. The van der Waals surface area contributed by atoms with Gasteiger partial charge in [-0.1, -0.05) is 41.4 Å². The number of pyridine rings is 1. The summed E-state index contributed by atoms with van der Waals surface area (Å²) in [4.78, 5) is 4.34. The largest absolute Gasteiger partial charge is 0.372 e. The zero-order valence-corrected chi connectivity index (χ0v) is 11.6. The van der Waals surface area contributed by atoms with Gasteiger partial charge in [0.1, 0.15) is 5.82 Å². The van der Waals surface area contributed by atoms with Gasteiger partial charge in [-0.25, -0.2) is 4.98 Å². The first kappa shape index (κ1) is 13.0. The quantitative estimate of drug-likeness (QED) is 0.871. The van der Waals surface area contributed by atoms with Crippen molar-refractivity contribution < 1.29 is 0 Å². The molecule has 1 heterocycles. The minimum atomic E-state index is 0.488. The predicted molar refractivity (Wildman–Crippen MR) is 78.3 cm³/mol. The van der Waals surface area contributed by atoms with Gasteiger partial charge in [-0.3, -0.25) is 0 Å². The number of para-hydroxylation sites is 1. The number of rotatable bonds is 3. The van der Waals surface area contributed by atoms with E-state index >= 15 is 0 Å². The number of hydrogen-bond acceptors (Lipinski definition) is 3. The summed E-state index contributed by atoms with van der Waals surface area (Å²) in [6.45, 7) is 2.02. The molecular formula is C13H13Cl2N3. The number of aromatic nitrogens is 1. The lowest BCUT2D eigenvalue weighted by atomic mass is 10.2. The Balaban J connectivity index is 2.38. The van der Waals surface area contributed by atoms with E-state index in [9.17, 15) is 0 Å². The standard InChI is InChI=1S/C13H13Cl2N3/c1-8-5-3-4-6-11(8)17-13-10(15)7-9(14)12(16-2)18-13/h3-7H,1-2H3,(H2,16,17,18). The van der Waals surface area contributed by atoms with Crippen molar-refractivity contribution in [2.24, 2.45) is 0 Å². The number of hydrogen-bond donors (Lipinski definition) is 2. The van der Waals surface area contributed by atoms with Crippen LogP contribution in [0.5, 0.6) is 0 Å². The summed E-state index contributed by atoms with van der Waals surface area (Å²) in [6.07, 6.45) is 0. The molecule has 0 aliphatic heterocycles. The molecule has 1 aromatic carbocycles. The van der Waals surface area contributed by atoms with Gasteiger partial charge < -0.3 is 10.6 Å². The fourth-order valence-electron chi connectivity index (χ4n) is 1.57. The molecule has 5 heteroatoms. The monoisotopic (exact) mass is 281 g/mol. The molecule has 0 bridgehead atoms. The van der Waals surface area contributed by atoms with Crippen LogP contribution in [0, 0.1) is 6.92 Å². The number of anilines is 3. The van der Waals surface area contributed by atoms with Gasteiger partial charge in [0, 0.05) is 12.7 Å². The van der Waals surface area contributed by atoms with Gasteiger partial charge in [0.15, 0.2) is 5.82 Å². The molecular weight excluding hydrogens is 269 g/mol. The van der Waals surface area contributed by atoms with Crippen LogP contribution >= 0.6 is 23.2 Å². The zero-order chi connectivity index (χ0) is 13.1. The van der Waals surface area contributed by atoms with Gasteiger partial charge in [0.25, 0.3) is 0 Å². The van der Waals surface area contributed by atoms with Crippen molar-refractivity contribution in [3.63, 3.8) is 0 Å². The molecule has 0 aliphatic rings. The Morgan fingerprint density at radius 1 is 1.06 bits per heavy atom. The van der Waals surface area contributed by atoms with Crippen molar-refractivity contribution in [2.75, 3.05) is 17.7 Å². The number of nitrogens with one attached hydrogen (secondary N) is 2. The van der Waals surface area contributed by atoms with Gasteiger partial charge >= 0.3 is 0 Å². The molecule has 0 atom stereocenters. The Bertz CT molecular complexity index is 570. The molecule has 18 heavy (non-hydrogen) atoms. The van der Waals surface area contributed by atoms with E-state index in [1.54, 1.807) is 13.1 Å². The molecule has 2 rings (SSSR count). The fraction of sp³-hybridized carbons (Fsp3) is 0.154. The molecule has 0 fully saturated rings. The summed E-state index contributed by atoms with van der Waals surface area (Å²) in [5.41, 5.74) is 2.09. The molecule has 0 aliphatic carbocycles. The van der Waals surface area contributed by atoms with Crippen LogP contribution in [0.15, 0.2) is 30.3 Å². The van der Waals surface area contributed by atoms with Crippen LogP contribution in [0.4, 0.5) is 17.3 Å². The average Bonchev–Trinajstić information content (AvgIpc) is 2.35. The van der Waals surface area contributed by atoms with E-state index in [0.717, 1.165) is 11.3 Å². The zero-order valence-electron chi connectivity index (χ0n) is 10.1. The molecule has 3 nitrogen and oxygen atoms in total. The highest BCUT2D eigenvalue weighted by molar-refractivity contribution is 6.37. The highest BCUT2D eigenvalue weighted by atomic mass is 35.5. The van der Waals surface area contributed by atoms with Crippen LogP contribution in [-0.4, -0.2) is 12.0 Å². The van der Waals surface area contributed by atoms with Crippen molar-refractivity contribution in [1.29, 1.82) is 0 Å². The highest BCUT2D eigenvalue weighted by Crippen LogP contribution is 2.31. The Morgan fingerprint density at radius 2 is 1.72 bits per heavy atom. The fourth-order valence-corrected chi connectivity index (χ4v) is 2.07. The third kappa shape index (κ3) is 2.68. The van der Waals surface area contributed by atoms with E-state index in [-0.39, 0.29) is 0 Å². The molecule has 0 amide bonds. The first-order valence-corrected chi connectivity index (χ1v) is 6.24. The van der Waals surface area contributed by atoms with E-state index in [2.05, 4.69) is 15.6 Å². The van der Waals surface area contributed by atoms with Crippen LogP contribution in [-0.2, 0) is 0 Å². The van der Waals surface area contributed by atoms with Gasteiger partial charge in [0.05, 0.1) is 10.0 Å². The minimum Gasteiger partial charge on any atom is -0.372 e. The third-order valence-corrected chi connectivity index (χ3v) is 3.14. The topological polar surface area (TPSA) is 37.0 Å². The molecule has 0 spiro atoms. The number of halogens is 2. The summed E-state index contributed by atoms with van der Waals surface area (Å²) >= 11 is 12.1. The van der Waals surface area contributed by atoms with Gasteiger partial charge in [-0.2, -0.15) is 0 Å². The minimum absolute atomic E-state index is 0.488.